The van der Waals surface area contributed by atoms with Crippen molar-refractivity contribution in [2.75, 3.05) is 0 Å². The summed E-state index contributed by atoms with van der Waals surface area (Å²) in [6.45, 7) is 6.03. The van der Waals surface area contributed by atoms with E-state index in [0.29, 0.717) is 17.9 Å². The Morgan fingerprint density at radius 1 is 1.39 bits per heavy atom. The van der Waals surface area contributed by atoms with E-state index in [1.165, 1.54) is 4.88 Å². The first-order chi connectivity index (χ1) is 8.56. The number of carbonyl (C=O) groups excluding carboxylic acids is 1. The fourth-order valence-electron chi connectivity index (χ4n) is 1.55. The van der Waals surface area contributed by atoms with E-state index in [2.05, 4.69) is 4.98 Å². The standard InChI is InChI=1S/C14H15NO2S/c1-9-11(3)18-14(15-9)8-17-13-6-4-5-12(7-13)10(2)16/h4-7H,8H2,1-3H3. The number of rotatable bonds is 4. The summed E-state index contributed by atoms with van der Waals surface area (Å²) in [4.78, 5) is 16.9. The number of nitrogens with zero attached hydrogens (tertiary/aromatic N) is 1. The number of benzene rings is 1. The summed E-state index contributed by atoms with van der Waals surface area (Å²) in [7, 11) is 0. The largest absolute Gasteiger partial charge is 0.486 e. The number of carbonyl (C=O) groups is 1. The molecule has 1 aromatic carbocycles. The molecule has 0 atom stereocenters. The third kappa shape index (κ3) is 2.96. The van der Waals surface area contributed by atoms with Gasteiger partial charge in [0.1, 0.15) is 17.4 Å². The Labute approximate surface area is 110 Å². The molecule has 3 nitrogen and oxygen atoms in total. The second-order valence-corrected chi connectivity index (χ2v) is 5.41. The third-order valence-electron chi connectivity index (χ3n) is 2.68. The molecule has 0 N–H and O–H groups in total. The molecule has 0 aliphatic carbocycles. The Balaban J connectivity index is 2.06. The summed E-state index contributed by atoms with van der Waals surface area (Å²) in [5, 5.41) is 0.957. The molecular formula is C14H15NO2S. The Morgan fingerprint density at radius 3 is 2.78 bits per heavy atom. The van der Waals surface area contributed by atoms with Crippen LogP contribution in [0.1, 0.15) is 32.9 Å². The van der Waals surface area contributed by atoms with Gasteiger partial charge in [0.2, 0.25) is 0 Å². The lowest BCUT2D eigenvalue weighted by molar-refractivity contribution is 0.101. The predicted octanol–water partition coefficient (Wildman–Crippen LogP) is 3.54. The molecule has 0 aliphatic rings. The minimum absolute atomic E-state index is 0.0430. The monoisotopic (exact) mass is 261 g/mol. The summed E-state index contributed by atoms with van der Waals surface area (Å²) in [5.74, 6) is 0.745. The highest BCUT2D eigenvalue weighted by Crippen LogP contribution is 2.20. The van der Waals surface area contributed by atoms with Crippen molar-refractivity contribution in [2.45, 2.75) is 27.4 Å². The van der Waals surface area contributed by atoms with Crippen LogP contribution in [-0.2, 0) is 6.61 Å². The minimum Gasteiger partial charge on any atom is -0.486 e. The van der Waals surface area contributed by atoms with Gasteiger partial charge in [-0.05, 0) is 32.9 Å². The zero-order chi connectivity index (χ0) is 13.1. The molecule has 94 valence electrons. The van der Waals surface area contributed by atoms with Gasteiger partial charge in [0.25, 0.3) is 0 Å². The fraction of sp³-hybridized carbons (Fsp3) is 0.286. The second kappa shape index (κ2) is 5.31. The summed E-state index contributed by atoms with van der Waals surface area (Å²) >= 11 is 1.64. The van der Waals surface area contributed by atoms with Gasteiger partial charge in [-0.2, -0.15) is 0 Å². The van der Waals surface area contributed by atoms with Gasteiger partial charge in [0.05, 0.1) is 5.69 Å². The van der Waals surface area contributed by atoms with E-state index in [1.54, 1.807) is 30.4 Å². The van der Waals surface area contributed by atoms with Crippen LogP contribution in [0.2, 0.25) is 0 Å². The predicted molar refractivity (Wildman–Crippen MR) is 72.4 cm³/mol. The molecule has 0 aliphatic heterocycles. The van der Waals surface area contributed by atoms with Crippen LogP contribution in [0.3, 0.4) is 0 Å². The average Bonchev–Trinajstić information content (AvgIpc) is 2.67. The molecule has 4 heteroatoms. The smallest absolute Gasteiger partial charge is 0.159 e. The fourth-order valence-corrected chi connectivity index (χ4v) is 2.40. The van der Waals surface area contributed by atoms with E-state index in [0.717, 1.165) is 10.7 Å². The number of aryl methyl sites for hydroxylation is 2. The molecule has 0 radical (unpaired) electrons. The molecule has 0 fully saturated rings. The maximum atomic E-state index is 11.3. The van der Waals surface area contributed by atoms with Gasteiger partial charge >= 0.3 is 0 Å². The SMILES string of the molecule is CC(=O)c1cccc(OCc2nc(C)c(C)s2)c1. The molecule has 1 heterocycles. The van der Waals surface area contributed by atoms with Gasteiger partial charge in [-0.25, -0.2) is 4.98 Å². The van der Waals surface area contributed by atoms with Crippen LogP contribution in [0.4, 0.5) is 0 Å². The average molecular weight is 261 g/mol. The molecule has 0 saturated heterocycles. The number of aromatic nitrogens is 1. The highest BCUT2D eigenvalue weighted by molar-refractivity contribution is 7.11. The zero-order valence-electron chi connectivity index (χ0n) is 10.7. The topological polar surface area (TPSA) is 39.2 Å². The number of thiazole rings is 1. The van der Waals surface area contributed by atoms with Crippen molar-refractivity contribution >= 4 is 17.1 Å². The first-order valence-electron chi connectivity index (χ1n) is 5.73. The molecule has 2 rings (SSSR count). The maximum Gasteiger partial charge on any atom is 0.159 e. The van der Waals surface area contributed by atoms with Crippen LogP contribution >= 0.6 is 11.3 Å². The summed E-state index contributed by atoms with van der Waals surface area (Å²) in [6, 6.07) is 7.21. The van der Waals surface area contributed by atoms with Gasteiger partial charge < -0.3 is 4.74 Å². The van der Waals surface area contributed by atoms with Gasteiger partial charge in [0, 0.05) is 10.4 Å². The Kier molecular flexibility index (Phi) is 3.77. The summed E-state index contributed by atoms with van der Waals surface area (Å²) in [6.07, 6.45) is 0. The number of Topliss-reactive ketones (excluding diaryl/α,β-unsaturated/α-hetero) is 1. The molecule has 2 aromatic rings. The Morgan fingerprint density at radius 2 is 2.17 bits per heavy atom. The summed E-state index contributed by atoms with van der Waals surface area (Å²) in [5.41, 5.74) is 1.72. The molecule has 18 heavy (non-hydrogen) atoms. The van der Waals surface area contributed by atoms with Crippen LogP contribution in [0.5, 0.6) is 5.75 Å². The molecule has 1 aromatic heterocycles. The zero-order valence-corrected chi connectivity index (χ0v) is 11.5. The lowest BCUT2D eigenvalue weighted by Gasteiger charge is -2.04. The lowest BCUT2D eigenvalue weighted by Crippen LogP contribution is -1.97. The molecular weight excluding hydrogens is 246 g/mol. The van der Waals surface area contributed by atoms with Crippen LogP contribution in [0, 0.1) is 13.8 Å². The molecule has 0 amide bonds. The van der Waals surface area contributed by atoms with E-state index >= 15 is 0 Å². The molecule has 0 unspecified atom stereocenters. The quantitative estimate of drug-likeness (QED) is 0.790. The van der Waals surface area contributed by atoms with E-state index < -0.39 is 0 Å². The minimum atomic E-state index is 0.0430. The Bertz CT molecular complexity index is 555. The van der Waals surface area contributed by atoms with Crippen molar-refractivity contribution in [1.82, 2.24) is 4.98 Å². The second-order valence-electron chi connectivity index (χ2n) is 4.12. The maximum absolute atomic E-state index is 11.3. The first kappa shape index (κ1) is 12.8. The van der Waals surface area contributed by atoms with E-state index in [4.69, 9.17) is 4.74 Å². The number of hydrogen-bond acceptors (Lipinski definition) is 4. The van der Waals surface area contributed by atoms with Crippen LogP contribution in [0.15, 0.2) is 24.3 Å². The third-order valence-corrected chi connectivity index (χ3v) is 3.72. The molecule has 0 spiro atoms. The van der Waals surface area contributed by atoms with E-state index in [1.807, 2.05) is 26.0 Å². The normalized spacial score (nSPS) is 10.4. The van der Waals surface area contributed by atoms with E-state index in [9.17, 15) is 4.79 Å². The van der Waals surface area contributed by atoms with Crippen LogP contribution < -0.4 is 4.74 Å². The van der Waals surface area contributed by atoms with Gasteiger partial charge in [-0.1, -0.05) is 12.1 Å². The van der Waals surface area contributed by atoms with Crippen LogP contribution in [0.25, 0.3) is 0 Å². The van der Waals surface area contributed by atoms with Crippen molar-refractivity contribution in [1.29, 1.82) is 0 Å². The Hall–Kier alpha value is -1.68. The highest BCUT2D eigenvalue weighted by Gasteiger charge is 2.05. The van der Waals surface area contributed by atoms with Crippen molar-refractivity contribution < 1.29 is 9.53 Å². The number of ether oxygens (including phenoxy) is 1. The van der Waals surface area contributed by atoms with Gasteiger partial charge in [-0.15, -0.1) is 11.3 Å². The highest BCUT2D eigenvalue weighted by atomic mass is 32.1. The van der Waals surface area contributed by atoms with Crippen LogP contribution in [-0.4, -0.2) is 10.8 Å². The van der Waals surface area contributed by atoms with Gasteiger partial charge in [-0.3, -0.25) is 4.79 Å². The lowest BCUT2D eigenvalue weighted by atomic mass is 10.1. The number of hydrogen-bond donors (Lipinski definition) is 0. The van der Waals surface area contributed by atoms with Crippen molar-refractivity contribution in [3.63, 3.8) is 0 Å². The first-order valence-corrected chi connectivity index (χ1v) is 6.54. The van der Waals surface area contributed by atoms with Gasteiger partial charge in [0.15, 0.2) is 5.78 Å². The summed E-state index contributed by atoms with van der Waals surface area (Å²) < 4.78 is 5.65. The molecule has 0 bridgehead atoms. The van der Waals surface area contributed by atoms with Crippen molar-refractivity contribution in [3.8, 4) is 5.75 Å². The molecule has 0 saturated carbocycles. The van der Waals surface area contributed by atoms with Crippen molar-refractivity contribution in [2.24, 2.45) is 0 Å². The van der Waals surface area contributed by atoms with E-state index in [-0.39, 0.29) is 5.78 Å². The number of ketones is 1. The van der Waals surface area contributed by atoms with Crippen molar-refractivity contribution in [3.05, 3.63) is 45.4 Å².